The van der Waals surface area contributed by atoms with E-state index in [4.69, 9.17) is 0 Å². The molecule has 1 fully saturated rings. The molecule has 1 aliphatic heterocycles. The number of sulfone groups is 1. The summed E-state index contributed by atoms with van der Waals surface area (Å²) in [4.78, 5) is 17.3. The Kier molecular flexibility index (Phi) is 4.71. The SMILES string of the molecule is CC1CC(C(=O)O)CN(c2ccc(S(=O)(=O)C(C)(C)C)nc2)C1. The van der Waals surface area contributed by atoms with Crippen LogP contribution in [0.1, 0.15) is 34.1 Å². The quantitative estimate of drug-likeness (QED) is 0.907. The molecule has 0 amide bonds. The first kappa shape index (κ1) is 17.7. The summed E-state index contributed by atoms with van der Waals surface area (Å²) in [6, 6.07) is 3.22. The van der Waals surface area contributed by atoms with Crippen molar-refractivity contribution >= 4 is 21.5 Å². The molecule has 128 valence electrons. The van der Waals surface area contributed by atoms with Gasteiger partial charge in [-0.05, 0) is 45.2 Å². The van der Waals surface area contributed by atoms with E-state index in [2.05, 4.69) is 4.98 Å². The van der Waals surface area contributed by atoms with E-state index < -0.39 is 26.5 Å². The molecule has 2 unspecified atom stereocenters. The van der Waals surface area contributed by atoms with E-state index in [0.717, 1.165) is 12.2 Å². The van der Waals surface area contributed by atoms with E-state index in [9.17, 15) is 18.3 Å². The Labute approximate surface area is 137 Å². The van der Waals surface area contributed by atoms with Crippen molar-refractivity contribution in [1.82, 2.24) is 4.98 Å². The molecule has 0 saturated carbocycles. The number of aliphatic carboxylic acids is 1. The Morgan fingerprint density at radius 2 is 1.96 bits per heavy atom. The third kappa shape index (κ3) is 3.65. The van der Waals surface area contributed by atoms with Crippen LogP contribution in [0.2, 0.25) is 0 Å². The maximum Gasteiger partial charge on any atom is 0.308 e. The van der Waals surface area contributed by atoms with Gasteiger partial charge < -0.3 is 10.0 Å². The number of carboxylic acid groups (broad SMARTS) is 1. The van der Waals surface area contributed by atoms with Crippen LogP contribution in [-0.4, -0.2) is 42.3 Å². The molecule has 1 saturated heterocycles. The molecule has 7 heteroatoms. The number of hydrogen-bond donors (Lipinski definition) is 1. The number of hydrogen-bond acceptors (Lipinski definition) is 5. The van der Waals surface area contributed by atoms with Gasteiger partial charge in [0, 0.05) is 13.1 Å². The molecule has 1 aromatic rings. The summed E-state index contributed by atoms with van der Waals surface area (Å²) in [5.74, 6) is -0.930. The molecule has 6 nitrogen and oxygen atoms in total. The highest BCUT2D eigenvalue weighted by molar-refractivity contribution is 7.92. The van der Waals surface area contributed by atoms with Crippen molar-refractivity contribution in [2.24, 2.45) is 11.8 Å². The zero-order valence-corrected chi connectivity index (χ0v) is 14.8. The van der Waals surface area contributed by atoms with Gasteiger partial charge in [0.1, 0.15) is 0 Å². The van der Waals surface area contributed by atoms with E-state index >= 15 is 0 Å². The lowest BCUT2D eigenvalue weighted by Gasteiger charge is -2.36. The molecule has 2 heterocycles. The van der Waals surface area contributed by atoms with Crippen molar-refractivity contribution in [1.29, 1.82) is 0 Å². The minimum Gasteiger partial charge on any atom is -0.481 e. The summed E-state index contributed by atoms with van der Waals surface area (Å²) in [7, 11) is -3.48. The Morgan fingerprint density at radius 3 is 2.43 bits per heavy atom. The molecule has 0 spiro atoms. The van der Waals surface area contributed by atoms with Crippen molar-refractivity contribution in [3.05, 3.63) is 18.3 Å². The summed E-state index contributed by atoms with van der Waals surface area (Å²) >= 11 is 0. The van der Waals surface area contributed by atoms with Crippen LogP contribution < -0.4 is 4.90 Å². The zero-order valence-electron chi connectivity index (χ0n) is 14.0. The van der Waals surface area contributed by atoms with Crippen LogP contribution in [0.15, 0.2) is 23.4 Å². The minimum absolute atomic E-state index is 0.0496. The van der Waals surface area contributed by atoms with Gasteiger partial charge in [0.05, 0.1) is 22.5 Å². The van der Waals surface area contributed by atoms with Crippen molar-refractivity contribution in [3.63, 3.8) is 0 Å². The monoisotopic (exact) mass is 340 g/mol. The van der Waals surface area contributed by atoms with Gasteiger partial charge in [0.15, 0.2) is 14.9 Å². The average molecular weight is 340 g/mol. The predicted octanol–water partition coefficient (Wildman–Crippen LogP) is 2.20. The summed E-state index contributed by atoms with van der Waals surface area (Å²) in [6.07, 6.45) is 2.19. The minimum atomic E-state index is -3.48. The van der Waals surface area contributed by atoms with Crippen molar-refractivity contribution in [2.75, 3.05) is 18.0 Å². The standard InChI is InChI=1S/C16H24N2O4S/c1-11-7-12(15(19)20)10-18(9-11)13-5-6-14(17-8-13)23(21,22)16(2,3)4/h5-6,8,11-12H,7,9-10H2,1-4H3,(H,19,20). The normalized spacial score (nSPS) is 22.9. The fraction of sp³-hybridized carbons (Fsp3) is 0.625. The fourth-order valence-electron chi connectivity index (χ4n) is 2.77. The number of anilines is 1. The highest BCUT2D eigenvalue weighted by Gasteiger charge is 2.33. The van der Waals surface area contributed by atoms with Gasteiger partial charge in [0.25, 0.3) is 0 Å². The first-order valence-corrected chi connectivity index (χ1v) is 9.19. The third-order valence-corrected chi connectivity index (χ3v) is 6.58. The summed E-state index contributed by atoms with van der Waals surface area (Å²) in [5, 5.41) is 9.29. The Bertz CT molecular complexity index is 677. The second kappa shape index (κ2) is 6.11. The van der Waals surface area contributed by atoms with Gasteiger partial charge in [-0.15, -0.1) is 0 Å². The highest BCUT2D eigenvalue weighted by atomic mass is 32.2. The first-order chi connectivity index (χ1) is 10.5. The van der Waals surface area contributed by atoms with E-state index in [1.54, 1.807) is 26.8 Å². The Balaban J connectivity index is 2.24. The number of aromatic nitrogens is 1. The fourth-order valence-corrected chi connectivity index (χ4v) is 3.84. The van der Waals surface area contributed by atoms with Crippen molar-refractivity contribution in [3.8, 4) is 0 Å². The first-order valence-electron chi connectivity index (χ1n) is 7.71. The van der Waals surface area contributed by atoms with Crippen LogP contribution in [0.5, 0.6) is 0 Å². The molecule has 0 aliphatic carbocycles. The summed E-state index contributed by atoms with van der Waals surface area (Å²) in [5.41, 5.74) is 0.760. The third-order valence-electron chi connectivity index (χ3n) is 4.18. The number of piperidine rings is 1. The molecule has 2 atom stereocenters. The van der Waals surface area contributed by atoms with Gasteiger partial charge in [-0.3, -0.25) is 4.79 Å². The number of rotatable bonds is 3. The van der Waals surface area contributed by atoms with Crippen LogP contribution in [-0.2, 0) is 14.6 Å². The topological polar surface area (TPSA) is 87.6 Å². The lowest BCUT2D eigenvalue weighted by molar-refractivity contribution is -0.142. The van der Waals surface area contributed by atoms with Gasteiger partial charge in [-0.25, -0.2) is 13.4 Å². The second-order valence-corrected chi connectivity index (χ2v) is 9.90. The molecule has 2 rings (SSSR count). The zero-order chi connectivity index (χ0) is 17.4. The number of nitrogens with zero attached hydrogens (tertiary/aromatic N) is 2. The molecule has 23 heavy (non-hydrogen) atoms. The molecule has 0 radical (unpaired) electrons. The number of carboxylic acids is 1. The maximum atomic E-state index is 12.4. The summed E-state index contributed by atoms with van der Waals surface area (Å²) < 4.78 is 23.9. The van der Waals surface area contributed by atoms with E-state index in [1.165, 1.54) is 12.3 Å². The molecular formula is C16H24N2O4S. The largest absolute Gasteiger partial charge is 0.481 e. The van der Waals surface area contributed by atoms with Gasteiger partial charge in [-0.2, -0.15) is 0 Å². The van der Waals surface area contributed by atoms with Crippen molar-refractivity contribution < 1.29 is 18.3 Å². The second-order valence-electron chi connectivity index (χ2n) is 7.25. The number of pyridine rings is 1. The van der Waals surface area contributed by atoms with Crippen LogP contribution in [0, 0.1) is 11.8 Å². The lowest BCUT2D eigenvalue weighted by Crippen LogP contribution is -2.42. The van der Waals surface area contributed by atoms with Crippen LogP contribution in [0.25, 0.3) is 0 Å². The number of carbonyl (C=O) groups is 1. The molecular weight excluding hydrogens is 316 g/mol. The van der Waals surface area contributed by atoms with E-state index in [0.29, 0.717) is 13.0 Å². The van der Waals surface area contributed by atoms with Crippen LogP contribution in [0.3, 0.4) is 0 Å². The average Bonchev–Trinajstić information content (AvgIpc) is 2.45. The lowest BCUT2D eigenvalue weighted by atomic mass is 9.90. The smallest absolute Gasteiger partial charge is 0.308 e. The van der Waals surface area contributed by atoms with Gasteiger partial charge in [-0.1, -0.05) is 6.92 Å². The molecule has 1 aliphatic rings. The van der Waals surface area contributed by atoms with E-state index in [1.807, 2.05) is 11.8 Å². The summed E-state index contributed by atoms with van der Waals surface area (Å²) in [6.45, 7) is 8.11. The molecule has 0 aromatic carbocycles. The Hall–Kier alpha value is -1.63. The van der Waals surface area contributed by atoms with Crippen LogP contribution in [0.4, 0.5) is 5.69 Å². The van der Waals surface area contributed by atoms with Gasteiger partial charge >= 0.3 is 5.97 Å². The molecule has 1 N–H and O–H groups in total. The van der Waals surface area contributed by atoms with E-state index in [-0.39, 0.29) is 10.9 Å². The Morgan fingerprint density at radius 1 is 1.30 bits per heavy atom. The maximum absolute atomic E-state index is 12.4. The highest BCUT2D eigenvalue weighted by Crippen LogP contribution is 2.28. The molecule has 1 aromatic heterocycles. The predicted molar refractivity (Wildman–Crippen MR) is 88.3 cm³/mol. The van der Waals surface area contributed by atoms with Crippen molar-refractivity contribution in [2.45, 2.75) is 43.9 Å². The molecule has 0 bridgehead atoms. The van der Waals surface area contributed by atoms with Gasteiger partial charge in [0.2, 0.25) is 0 Å². The van der Waals surface area contributed by atoms with Crippen LogP contribution >= 0.6 is 0 Å².